The molecule has 0 radical (unpaired) electrons. The van der Waals surface area contributed by atoms with Gasteiger partial charge in [0.25, 0.3) is 0 Å². The first-order chi connectivity index (χ1) is 10.1. The number of halogens is 1. The van der Waals surface area contributed by atoms with E-state index in [0.29, 0.717) is 12.3 Å². The normalized spacial score (nSPS) is 11.4. The molecule has 2 N–H and O–H groups in total. The minimum atomic E-state index is -0.255. The Morgan fingerprint density at radius 2 is 2.14 bits per heavy atom. The smallest absolute Gasteiger partial charge is 0.217 e. The van der Waals surface area contributed by atoms with E-state index < -0.39 is 0 Å². The summed E-state index contributed by atoms with van der Waals surface area (Å²) in [5, 5.41) is 4.55. The van der Waals surface area contributed by atoms with Crippen LogP contribution in [0.15, 0.2) is 0 Å². The zero-order valence-electron chi connectivity index (χ0n) is 12.6. The number of primary amides is 1. The molecule has 0 saturated carbocycles. The molecule has 0 saturated heterocycles. The molecule has 0 bridgehead atoms. The highest BCUT2D eigenvalue weighted by molar-refractivity contribution is 6.16. The Bertz CT molecular complexity index is 631. The number of hydrogen-bond acceptors (Lipinski definition) is 3. The number of alkyl halides is 1. The van der Waals surface area contributed by atoms with Gasteiger partial charge in [-0.3, -0.25) is 9.48 Å². The fourth-order valence-electron chi connectivity index (χ4n) is 2.60. The summed E-state index contributed by atoms with van der Waals surface area (Å²) < 4.78 is 3.98. The largest absolute Gasteiger partial charge is 0.370 e. The van der Waals surface area contributed by atoms with Gasteiger partial charge in [-0.2, -0.15) is 5.10 Å². The van der Waals surface area contributed by atoms with Crippen LogP contribution in [0.3, 0.4) is 0 Å². The molecule has 116 valence electrons. The maximum Gasteiger partial charge on any atom is 0.217 e. The van der Waals surface area contributed by atoms with E-state index in [2.05, 4.69) is 21.6 Å². The van der Waals surface area contributed by atoms with Gasteiger partial charge in [-0.05, 0) is 19.3 Å². The Morgan fingerprint density at radius 1 is 1.38 bits per heavy atom. The fourth-order valence-corrected chi connectivity index (χ4v) is 2.80. The lowest BCUT2D eigenvalue weighted by atomic mass is 10.2. The van der Waals surface area contributed by atoms with Crippen molar-refractivity contribution in [2.45, 2.75) is 51.5 Å². The summed E-state index contributed by atoms with van der Waals surface area (Å²) in [4.78, 5) is 15.4. The van der Waals surface area contributed by atoms with Gasteiger partial charge in [0.15, 0.2) is 5.65 Å². The third-order valence-corrected chi connectivity index (χ3v) is 3.77. The molecular weight excluding hydrogens is 290 g/mol. The highest BCUT2D eigenvalue weighted by Gasteiger charge is 2.18. The molecule has 0 unspecified atom stereocenters. The summed E-state index contributed by atoms with van der Waals surface area (Å²) in [6, 6.07) is 0. The Balaban J connectivity index is 2.26. The fraction of sp³-hybridized carbons (Fsp3) is 0.643. The van der Waals surface area contributed by atoms with E-state index in [4.69, 9.17) is 17.3 Å². The summed E-state index contributed by atoms with van der Waals surface area (Å²) >= 11 is 6.02. The number of carbonyl (C=O) groups excluding carboxylic acids is 1. The molecule has 6 nitrogen and oxygen atoms in total. The zero-order chi connectivity index (χ0) is 15.4. The highest BCUT2D eigenvalue weighted by Crippen LogP contribution is 2.22. The molecule has 0 aromatic carbocycles. The van der Waals surface area contributed by atoms with Crippen LogP contribution in [0, 0.1) is 0 Å². The van der Waals surface area contributed by atoms with Gasteiger partial charge in [-0.25, -0.2) is 4.98 Å². The van der Waals surface area contributed by atoms with Crippen LogP contribution < -0.4 is 5.73 Å². The summed E-state index contributed by atoms with van der Waals surface area (Å²) in [6.07, 6.45) is 4.01. The van der Waals surface area contributed by atoms with Gasteiger partial charge < -0.3 is 10.3 Å². The highest BCUT2D eigenvalue weighted by atomic mass is 35.5. The summed E-state index contributed by atoms with van der Waals surface area (Å²) in [5.74, 6) is 0.973. The monoisotopic (exact) mass is 311 g/mol. The zero-order valence-corrected chi connectivity index (χ0v) is 13.4. The second-order valence-corrected chi connectivity index (χ2v) is 5.50. The van der Waals surface area contributed by atoms with Crippen molar-refractivity contribution in [3.05, 3.63) is 11.5 Å². The number of hydrogen-bond donors (Lipinski definition) is 1. The first kappa shape index (κ1) is 15.8. The predicted molar refractivity (Wildman–Crippen MR) is 83.1 cm³/mol. The van der Waals surface area contributed by atoms with Crippen molar-refractivity contribution >= 4 is 28.7 Å². The minimum Gasteiger partial charge on any atom is -0.370 e. The molecular formula is C14H22ClN5O. The summed E-state index contributed by atoms with van der Waals surface area (Å²) in [7, 11) is 1.93. The molecule has 0 fully saturated rings. The standard InChI is InChI=1S/C14H22ClN5O/c1-3-6-10-13-14(19(2)18-10)20(12(9-15)17-13)8-5-4-7-11(16)21/h3-9H2,1-2H3,(H2,16,21). The van der Waals surface area contributed by atoms with Crippen LogP contribution in [0.4, 0.5) is 0 Å². The number of aryl methyl sites for hydroxylation is 3. The van der Waals surface area contributed by atoms with E-state index in [-0.39, 0.29) is 5.91 Å². The molecule has 1 amide bonds. The average molecular weight is 312 g/mol. The summed E-state index contributed by atoms with van der Waals surface area (Å²) in [6.45, 7) is 2.90. The number of aromatic nitrogens is 4. The van der Waals surface area contributed by atoms with E-state index in [1.54, 1.807) is 0 Å². The number of fused-ring (bicyclic) bond motifs is 1. The van der Waals surface area contributed by atoms with Gasteiger partial charge in [-0.15, -0.1) is 11.6 Å². The Kier molecular flexibility index (Phi) is 5.22. The van der Waals surface area contributed by atoms with Crippen LogP contribution in [0.2, 0.25) is 0 Å². The first-order valence-electron chi connectivity index (χ1n) is 7.33. The Labute approximate surface area is 129 Å². The topological polar surface area (TPSA) is 78.7 Å². The summed E-state index contributed by atoms with van der Waals surface area (Å²) in [5.41, 5.74) is 8.15. The molecule has 2 heterocycles. The molecule has 2 rings (SSSR count). The average Bonchev–Trinajstić information content (AvgIpc) is 2.94. The van der Waals surface area contributed by atoms with Crippen LogP contribution in [-0.2, 0) is 30.7 Å². The van der Waals surface area contributed by atoms with E-state index in [9.17, 15) is 4.79 Å². The number of imidazole rings is 1. The Hall–Kier alpha value is -1.56. The molecule has 0 spiro atoms. The maximum absolute atomic E-state index is 10.8. The predicted octanol–water partition coefficient (Wildman–Crippen LogP) is 2.12. The molecule has 21 heavy (non-hydrogen) atoms. The van der Waals surface area contributed by atoms with E-state index in [0.717, 1.165) is 54.9 Å². The Morgan fingerprint density at radius 3 is 2.76 bits per heavy atom. The molecule has 0 aliphatic heterocycles. The molecule has 2 aromatic rings. The second-order valence-electron chi connectivity index (χ2n) is 5.23. The van der Waals surface area contributed by atoms with Crippen LogP contribution in [0.5, 0.6) is 0 Å². The van der Waals surface area contributed by atoms with Gasteiger partial charge in [0.05, 0.1) is 11.6 Å². The molecule has 0 aliphatic rings. The first-order valence-corrected chi connectivity index (χ1v) is 7.87. The maximum atomic E-state index is 10.8. The van der Waals surface area contributed by atoms with Gasteiger partial charge in [0.1, 0.15) is 11.3 Å². The van der Waals surface area contributed by atoms with Crippen molar-refractivity contribution in [2.24, 2.45) is 12.8 Å². The lowest BCUT2D eigenvalue weighted by Crippen LogP contribution is -2.11. The van der Waals surface area contributed by atoms with Crippen molar-refractivity contribution in [3.8, 4) is 0 Å². The van der Waals surface area contributed by atoms with Crippen molar-refractivity contribution in [1.29, 1.82) is 0 Å². The van der Waals surface area contributed by atoms with Crippen LogP contribution in [0.1, 0.15) is 44.1 Å². The number of nitrogens with zero attached hydrogens (tertiary/aromatic N) is 4. The number of amides is 1. The van der Waals surface area contributed by atoms with E-state index in [1.165, 1.54) is 0 Å². The van der Waals surface area contributed by atoms with Crippen molar-refractivity contribution in [3.63, 3.8) is 0 Å². The quantitative estimate of drug-likeness (QED) is 0.599. The number of nitrogens with two attached hydrogens (primary N) is 1. The van der Waals surface area contributed by atoms with Crippen LogP contribution in [0.25, 0.3) is 11.2 Å². The van der Waals surface area contributed by atoms with Crippen molar-refractivity contribution in [1.82, 2.24) is 19.3 Å². The lowest BCUT2D eigenvalue weighted by molar-refractivity contribution is -0.118. The molecule has 0 aliphatic carbocycles. The molecule has 7 heteroatoms. The van der Waals surface area contributed by atoms with Crippen LogP contribution in [-0.4, -0.2) is 25.2 Å². The van der Waals surface area contributed by atoms with Crippen molar-refractivity contribution < 1.29 is 4.79 Å². The van der Waals surface area contributed by atoms with Gasteiger partial charge in [0, 0.05) is 20.0 Å². The molecule has 2 aromatic heterocycles. The SMILES string of the molecule is CCCc1nn(C)c2c1nc(CCl)n2CCCCC(N)=O. The number of carbonyl (C=O) groups is 1. The third-order valence-electron chi connectivity index (χ3n) is 3.53. The van der Waals surface area contributed by atoms with Gasteiger partial charge >= 0.3 is 0 Å². The minimum absolute atomic E-state index is 0.255. The number of rotatable bonds is 8. The van der Waals surface area contributed by atoms with Crippen LogP contribution >= 0.6 is 11.6 Å². The van der Waals surface area contributed by atoms with Crippen molar-refractivity contribution in [2.75, 3.05) is 0 Å². The van der Waals surface area contributed by atoms with Gasteiger partial charge in [-0.1, -0.05) is 13.3 Å². The van der Waals surface area contributed by atoms with E-state index in [1.807, 2.05) is 11.7 Å². The third kappa shape index (κ3) is 3.37. The molecule has 0 atom stereocenters. The lowest BCUT2D eigenvalue weighted by Gasteiger charge is -2.07. The van der Waals surface area contributed by atoms with Gasteiger partial charge in [0.2, 0.25) is 5.91 Å². The second kappa shape index (κ2) is 6.93. The number of unbranched alkanes of at least 4 members (excludes halogenated alkanes) is 1. The van der Waals surface area contributed by atoms with E-state index >= 15 is 0 Å².